The van der Waals surface area contributed by atoms with E-state index in [1.807, 2.05) is 53.1 Å². The van der Waals surface area contributed by atoms with Crippen LogP contribution in [0.4, 0.5) is 4.79 Å². The minimum atomic E-state index is -2.24. The Hall–Kier alpha value is -1.47. The predicted molar refractivity (Wildman–Crippen MR) is 164 cm³/mol. The summed E-state index contributed by atoms with van der Waals surface area (Å²) in [6, 6.07) is -0.830. The molecule has 5 atom stereocenters. The number of hydrogen-bond acceptors (Lipinski definition) is 10. The fourth-order valence-corrected chi connectivity index (χ4v) is 8.24. The summed E-state index contributed by atoms with van der Waals surface area (Å²) < 4.78 is 38.1. The average molecular weight is 649 g/mol. The van der Waals surface area contributed by atoms with Crippen molar-refractivity contribution < 1.29 is 46.7 Å². The molecule has 0 spiro atoms. The third-order valence-electron chi connectivity index (χ3n) is 6.91. The first-order valence-corrected chi connectivity index (χ1v) is 24.8. The highest BCUT2D eigenvalue weighted by Gasteiger charge is 2.56. The lowest BCUT2D eigenvalue weighted by Gasteiger charge is -2.51. The van der Waals surface area contributed by atoms with Crippen LogP contribution in [0.2, 0.25) is 58.9 Å². The third kappa shape index (κ3) is 9.77. The van der Waals surface area contributed by atoms with Gasteiger partial charge in [0.1, 0.15) is 23.7 Å². The molecule has 242 valence electrons. The Labute approximate surface area is 253 Å². The SMILES string of the molecule is CCC1(CCC(C)(C)O[C@H]2O[C@H](C(=O)OC)[C@@H](O[Si](C)(C)C)[C@H](O[Si](C)(C)C)[C@H]2O[Si](C)(C)C)C(=O)NC(=O)NC1=O. The molecule has 12 nitrogen and oxygen atoms in total. The number of hydrogen-bond donors (Lipinski definition) is 2. The van der Waals surface area contributed by atoms with Gasteiger partial charge in [0, 0.05) is 0 Å². The molecule has 2 saturated heterocycles. The van der Waals surface area contributed by atoms with Crippen LogP contribution in [0.25, 0.3) is 0 Å². The van der Waals surface area contributed by atoms with Gasteiger partial charge in [-0.25, -0.2) is 9.59 Å². The van der Waals surface area contributed by atoms with Crippen LogP contribution in [0.15, 0.2) is 0 Å². The van der Waals surface area contributed by atoms with Gasteiger partial charge in [0.05, 0.1) is 12.7 Å². The van der Waals surface area contributed by atoms with Gasteiger partial charge in [-0.15, -0.1) is 0 Å². The number of nitrogens with one attached hydrogen (secondary N) is 2. The molecule has 2 rings (SSSR count). The minimum absolute atomic E-state index is 0.115. The van der Waals surface area contributed by atoms with Crippen LogP contribution in [0.3, 0.4) is 0 Å². The molecule has 0 saturated carbocycles. The van der Waals surface area contributed by atoms with Crippen molar-refractivity contribution in [2.75, 3.05) is 7.11 Å². The highest BCUT2D eigenvalue weighted by molar-refractivity contribution is 6.70. The number of urea groups is 1. The zero-order valence-corrected chi connectivity index (χ0v) is 30.6. The summed E-state index contributed by atoms with van der Waals surface area (Å²) in [6.45, 7) is 23.8. The second-order valence-electron chi connectivity index (χ2n) is 14.6. The first kappa shape index (κ1) is 36.7. The molecule has 2 fully saturated rings. The molecular formula is C27H52N2O10Si3. The number of carbonyl (C=O) groups excluding carboxylic acids is 4. The number of barbiturate groups is 1. The van der Waals surface area contributed by atoms with E-state index in [0.29, 0.717) is 0 Å². The van der Waals surface area contributed by atoms with E-state index < -0.39 is 90.5 Å². The van der Waals surface area contributed by atoms with Gasteiger partial charge in [0.25, 0.3) is 0 Å². The maximum Gasteiger partial charge on any atom is 0.337 e. The second kappa shape index (κ2) is 13.3. The van der Waals surface area contributed by atoms with Gasteiger partial charge < -0.3 is 27.5 Å². The quantitative estimate of drug-likeness (QED) is 0.171. The molecule has 0 aromatic heterocycles. The molecule has 0 unspecified atom stereocenters. The lowest BCUT2D eigenvalue weighted by atomic mass is 9.75. The fraction of sp³-hybridized carbons (Fsp3) is 0.852. The molecule has 15 heteroatoms. The lowest BCUT2D eigenvalue weighted by molar-refractivity contribution is -0.309. The van der Waals surface area contributed by atoms with Crippen LogP contribution < -0.4 is 10.6 Å². The van der Waals surface area contributed by atoms with E-state index >= 15 is 0 Å². The van der Waals surface area contributed by atoms with Gasteiger partial charge in [0.2, 0.25) is 11.8 Å². The molecule has 2 aliphatic rings. The molecular weight excluding hydrogens is 597 g/mol. The number of ether oxygens (including phenoxy) is 3. The van der Waals surface area contributed by atoms with Crippen molar-refractivity contribution >= 4 is 48.8 Å². The van der Waals surface area contributed by atoms with Crippen molar-refractivity contribution in [3.8, 4) is 0 Å². The molecule has 0 radical (unpaired) electrons. The van der Waals surface area contributed by atoms with E-state index in [1.54, 1.807) is 6.92 Å². The smallest absolute Gasteiger partial charge is 0.337 e. The predicted octanol–water partition coefficient (Wildman–Crippen LogP) is 3.88. The molecule has 0 aliphatic carbocycles. The normalized spacial score (nSPS) is 27.4. The van der Waals surface area contributed by atoms with Crippen molar-refractivity contribution in [1.29, 1.82) is 0 Å². The number of carbonyl (C=O) groups is 4. The Morgan fingerprint density at radius 2 is 1.29 bits per heavy atom. The standard InChI is InChI=1S/C27H52N2O10Si3/c1-14-27(23(31)28-25(33)29-24(27)32)16-15-26(2,3)36-22-20(39-42(11,12)13)18(38-41(8,9)10)17(37-40(5,6)7)19(35-22)21(30)34-4/h17-20,22H,14-16H2,1-13H3,(H2,28,29,31,32,33)/t17-,18-,19-,20+,22+/m0/s1. The van der Waals surface area contributed by atoms with Gasteiger partial charge in [-0.2, -0.15) is 0 Å². The molecule has 4 amide bonds. The molecule has 2 heterocycles. The van der Waals surface area contributed by atoms with Crippen LogP contribution in [-0.2, 0) is 41.9 Å². The van der Waals surface area contributed by atoms with Gasteiger partial charge >= 0.3 is 12.0 Å². The second-order valence-corrected chi connectivity index (χ2v) is 28.0. The number of rotatable bonds is 13. The summed E-state index contributed by atoms with van der Waals surface area (Å²) in [7, 11) is -5.38. The molecule has 0 bridgehead atoms. The maximum absolute atomic E-state index is 13.1. The Morgan fingerprint density at radius 3 is 1.71 bits per heavy atom. The van der Waals surface area contributed by atoms with E-state index in [2.05, 4.69) is 30.3 Å². The van der Waals surface area contributed by atoms with E-state index in [1.165, 1.54) is 7.11 Å². The largest absolute Gasteiger partial charge is 0.467 e. The van der Waals surface area contributed by atoms with Crippen molar-refractivity contribution in [2.45, 2.75) is 135 Å². The number of imide groups is 2. The van der Waals surface area contributed by atoms with Crippen LogP contribution in [0.1, 0.15) is 40.0 Å². The van der Waals surface area contributed by atoms with E-state index in [9.17, 15) is 19.2 Å². The third-order valence-corrected chi connectivity index (χ3v) is 9.85. The molecule has 2 aliphatic heterocycles. The van der Waals surface area contributed by atoms with Gasteiger partial charge in [-0.3, -0.25) is 20.2 Å². The molecule has 42 heavy (non-hydrogen) atoms. The Morgan fingerprint density at radius 1 is 0.833 bits per heavy atom. The molecule has 0 aromatic carbocycles. The summed E-state index contributed by atoms with van der Waals surface area (Å²) in [5, 5.41) is 4.42. The zero-order chi connectivity index (χ0) is 32.5. The van der Waals surface area contributed by atoms with Crippen molar-refractivity contribution in [3.05, 3.63) is 0 Å². The Bertz CT molecular complexity index is 999. The highest BCUT2D eigenvalue weighted by atomic mass is 28.4. The summed E-state index contributed by atoms with van der Waals surface area (Å²) in [4.78, 5) is 50.4. The first-order chi connectivity index (χ1) is 18.9. The Balaban J connectivity index is 2.50. The first-order valence-electron chi connectivity index (χ1n) is 14.5. The van der Waals surface area contributed by atoms with Crippen LogP contribution >= 0.6 is 0 Å². The maximum atomic E-state index is 13.1. The van der Waals surface area contributed by atoms with E-state index in [-0.39, 0.29) is 19.3 Å². The van der Waals surface area contributed by atoms with E-state index in [4.69, 9.17) is 27.5 Å². The van der Waals surface area contributed by atoms with Gasteiger partial charge in [0.15, 0.2) is 37.3 Å². The summed E-state index contributed by atoms with van der Waals surface area (Å²) in [5.41, 5.74) is -2.38. The highest BCUT2D eigenvalue weighted by Crippen LogP contribution is 2.39. The van der Waals surface area contributed by atoms with Crippen molar-refractivity contribution in [2.24, 2.45) is 5.41 Å². The average Bonchev–Trinajstić information content (AvgIpc) is 2.79. The lowest BCUT2D eigenvalue weighted by Crippen LogP contribution is -2.67. The van der Waals surface area contributed by atoms with Gasteiger partial charge in [-0.05, 0) is 92.0 Å². The summed E-state index contributed by atoms with van der Waals surface area (Å²) >= 11 is 0. The summed E-state index contributed by atoms with van der Waals surface area (Å²) in [5.74, 6) is -1.88. The fourth-order valence-electron chi connectivity index (χ4n) is 5.02. The zero-order valence-electron chi connectivity index (χ0n) is 27.6. The number of esters is 1. The topological polar surface area (TPSA) is 148 Å². The number of methoxy groups -OCH3 is 1. The van der Waals surface area contributed by atoms with Crippen LogP contribution in [-0.4, -0.2) is 92.2 Å². The molecule has 0 aromatic rings. The minimum Gasteiger partial charge on any atom is -0.467 e. The Kier molecular flexibility index (Phi) is 11.6. The summed E-state index contributed by atoms with van der Waals surface area (Å²) in [6.07, 6.45) is -3.81. The van der Waals surface area contributed by atoms with Crippen molar-refractivity contribution in [3.63, 3.8) is 0 Å². The van der Waals surface area contributed by atoms with Crippen molar-refractivity contribution in [1.82, 2.24) is 10.6 Å². The monoisotopic (exact) mass is 648 g/mol. The molecule has 2 N–H and O–H groups in total. The van der Waals surface area contributed by atoms with Crippen LogP contribution in [0, 0.1) is 5.41 Å². The van der Waals surface area contributed by atoms with Gasteiger partial charge in [-0.1, -0.05) is 6.92 Å². The van der Waals surface area contributed by atoms with Crippen LogP contribution in [0.5, 0.6) is 0 Å². The van der Waals surface area contributed by atoms with E-state index in [0.717, 1.165) is 0 Å². The number of amides is 4.